The third-order valence-corrected chi connectivity index (χ3v) is 5.65. The van der Waals surface area contributed by atoms with E-state index < -0.39 is 5.69 Å². The number of fused-ring (bicyclic) bond motifs is 3. The summed E-state index contributed by atoms with van der Waals surface area (Å²) in [7, 11) is 3.17. The zero-order valence-corrected chi connectivity index (χ0v) is 17.6. The van der Waals surface area contributed by atoms with Crippen LogP contribution in [0.15, 0.2) is 38.3 Å². The molecule has 3 heterocycles. The minimum absolute atomic E-state index is 0.191. The number of aryl methyl sites for hydroxylation is 2. The quantitative estimate of drug-likeness (QED) is 0.482. The SMILES string of the molecule is COCCn1c(=O)c2c(nc3n(-c4ccc(Br)cc4)c(C)c(C)n23)n(C)c1=O. The number of rotatable bonds is 4. The van der Waals surface area contributed by atoms with Crippen molar-refractivity contribution >= 4 is 32.9 Å². The van der Waals surface area contributed by atoms with Crippen LogP contribution in [-0.2, 0) is 18.3 Å². The maximum atomic E-state index is 13.2. The standard InChI is InChI=1S/C19H20BrN5O3/c1-11-12(2)25-15-16(22(3)19(27)23(17(15)26)9-10-28-4)21-18(25)24(11)14-7-5-13(20)6-8-14/h5-8H,9-10H2,1-4H3. The second-order valence-corrected chi connectivity index (χ2v) is 7.61. The molecule has 0 saturated carbocycles. The van der Waals surface area contributed by atoms with Crippen LogP contribution in [0, 0.1) is 13.8 Å². The molecule has 0 N–H and O–H groups in total. The second-order valence-electron chi connectivity index (χ2n) is 6.69. The zero-order valence-electron chi connectivity index (χ0n) is 16.1. The summed E-state index contributed by atoms with van der Waals surface area (Å²) < 4.78 is 12.5. The summed E-state index contributed by atoms with van der Waals surface area (Å²) in [6.07, 6.45) is 0. The van der Waals surface area contributed by atoms with Crippen LogP contribution in [0.1, 0.15) is 11.4 Å². The van der Waals surface area contributed by atoms with Crippen molar-refractivity contribution in [1.29, 1.82) is 0 Å². The monoisotopic (exact) mass is 445 g/mol. The molecule has 0 fully saturated rings. The topological polar surface area (TPSA) is 75.5 Å². The molecule has 1 aromatic carbocycles. The van der Waals surface area contributed by atoms with Gasteiger partial charge in [0.25, 0.3) is 5.56 Å². The first kappa shape index (κ1) is 18.7. The molecule has 0 aliphatic carbocycles. The molecule has 0 amide bonds. The highest BCUT2D eigenvalue weighted by atomic mass is 79.9. The van der Waals surface area contributed by atoms with Crippen LogP contribution in [0.3, 0.4) is 0 Å². The van der Waals surface area contributed by atoms with E-state index in [4.69, 9.17) is 4.74 Å². The van der Waals surface area contributed by atoms with Crippen molar-refractivity contribution in [2.45, 2.75) is 20.4 Å². The molecule has 0 unspecified atom stereocenters. The molecule has 8 nitrogen and oxygen atoms in total. The van der Waals surface area contributed by atoms with Crippen LogP contribution < -0.4 is 11.2 Å². The Labute approximate surface area is 168 Å². The van der Waals surface area contributed by atoms with E-state index >= 15 is 0 Å². The molecule has 146 valence electrons. The van der Waals surface area contributed by atoms with Gasteiger partial charge in [0.05, 0.1) is 13.2 Å². The molecule has 4 rings (SSSR count). The third-order valence-electron chi connectivity index (χ3n) is 5.12. The summed E-state index contributed by atoms with van der Waals surface area (Å²) in [5, 5.41) is 0. The summed E-state index contributed by atoms with van der Waals surface area (Å²) >= 11 is 3.45. The second kappa shape index (κ2) is 6.75. The number of hydrogen-bond donors (Lipinski definition) is 0. The fourth-order valence-electron chi connectivity index (χ4n) is 3.53. The van der Waals surface area contributed by atoms with E-state index in [1.165, 1.54) is 16.2 Å². The minimum Gasteiger partial charge on any atom is -0.383 e. The van der Waals surface area contributed by atoms with Gasteiger partial charge in [-0.25, -0.2) is 4.79 Å². The molecular weight excluding hydrogens is 426 g/mol. The Morgan fingerprint density at radius 3 is 2.43 bits per heavy atom. The normalized spacial score (nSPS) is 11.8. The Morgan fingerprint density at radius 1 is 1.11 bits per heavy atom. The Morgan fingerprint density at radius 2 is 1.79 bits per heavy atom. The molecule has 0 saturated heterocycles. The molecule has 9 heteroatoms. The number of methoxy groups -OCH3 is 1. The number of ether oxygens (including phenoxy) is 1. The molecule has 0 aliphatic rings. The van der Waals surface area contributed by atoms with Crippen LogP contribution in [0.2, 0.25) is 0 Å². The van der Waals surface area contributed by atoms with E-state index in [-0.39, 0.29) is 18.7 Å². The van der Waals surface area contributed by atoms with E-state index in [0.717, 1.165) is 21.5 Å². The lowest BCUT2D eigenvalue weighted by Gasteiger charge is -2.08. The first-order valence-electron chi connectivity index (χ1n) is 8.81. The van der Waals surface area contributed by atoms with Crippen molar-refractivity contribution in [3.8, 4) is 5.69 Å². The van der Waals surface area contributed by atoms with Gasteiger partial charge in [-0.2, -0.15) is 4.98 Å². The van der Waals surface area contributed by atoms with Gasteiger partial charge in [0.2, 0.25) is 5.78 Å². The van der Waals surface area contributed by atoms with Crippen LogP contribution in [0.5, 0.6) is 0 Å². The van der Waals surface area contributed by atoms with Crippen LogP contribution >= 0.6 is 15.9 Å². The number of halogens is 1. The van der Waals surface area contributed by atoms with E-state index in [2.05, 4.69) is 20.9 Å². The summed E-state index contributed by atoms with van der Waals surface area (Å²) in [4.78, 5) is 30.5. The van der Waals surface area contributed by atoms with E-state index in [9.17, 15) is 9.59 Å². The fraction of sp³-hybridized carbons (Fsp3) is 0.316. The van der Waals surface area contributed by atoms with Crippen molar-refractivity contribution < 1.29 is 4.74 Å². The lowest BCUT2D eigenvalue weighted by molar-refractivity contribution is 0.184. The highest BCUT2D eigenvalue weighted by Gasteiger charge is 2.23. The average molecular weight is 446 g/mol. The number of imidazole rings is 2. The summed E-state index contributed by atoms with van der Waals surface area (Å²) in [6, 6.07) is 7.87. The third kappa shape index (κ3) is 2.57. The smallest absolute Gasteiger partial charge is 0.332 e. The van der Waals surface area contributed by atoms with Crippen molar-refractivity contribution in [2.75, 3.05) is 13.7 Å². The fourth-order valence-corrected chi connectivity index (χ4v) is 3.79. The average Bonchev–Trinajstić information content (AvgIpc) is 3.17. The Balaban J connectivity index is 2.13. The predicted octanol–water partition coefficient (Wildman–Crippen LogP) is 2.16. The van der Waals surface area contributed by atoms with Gasteiger partial charge >= 0.3 is 5.69 Å². The minimum atomic E-state index is -0.403. The first-order chi connectivity index (χ1) is 13.4. The number of aromatic nitrogens is 5. The summed E-state index contributed by atoms with van der Waals surface area (Å²) in [5.74, 6) is 0.601. The maximum Gasteiger partial charge on any atom is 0.332 e. The van der Waals surface area contributed by atoms with Gasteiger partial charge in [0, 0.05) is 35.7 Å². The molecule has 0 bridgehead atoms. The zero-order chi connectivity index (χ0) is 20.2. The van der Waals surface area contributed by atoms with Crippen LogP contribution in [-0.4, -0.2) is 36.8 Å². The Hall–Kier alpha value is -2.65. The van der Waals surface area contributed by atoms with Gasteiger partial charge in [-0.15, -0.1) is 0 Å². The lowest BCUT2D eigenvalue weighted by atomic mass is 10.3. The molecular formula is C19H20BrN5O3. The van der Waals surface area contributed by atoms with Gasteiger partial charge < -0.3 is 4.74 Å². The molecule has 3 aromatic heterocycles. The first-order valence-corrected chi connectivity index (χ1v) is 9.61. The van der Waals surface area contributed by atoms with E-state index in [1.54, 1.807) is 7.05 Å². The predicted molar refractivity (Wildman–Crippen MR) is 111 cm³/mol. The van der Waals surface area contributed by atoms with Gasteiger partial charge in [-0.1, -0.05) is 15.9 Å². The van der Waals surface area contributed by atoms with Gasteiger partial charge in [0.15, 0.2) is 11.2 Å². The van der Waals surface area contributed by atoms with Crippen LogP contribution in [0.4, 0.5) is 0 Å². The van der Waals surface area contributed by atoms with Crippen molar-refractivity contribution in [2.24, 2.45) is 7.05 Å². The highest BCUT2D eigenvalue weighted by molar-refractivity contribution is 9.10. The Kier molecular flexibility index (Phi) is 4.51. The highest BCUT2D eigenvalue weighted by Crippen LogP contribution is 2.25. The largest absolute Gasteiger partial charge is 0.383 e. The van der Waals surface area contributed by atoms with Crippen molar-refractivity contribution in [3.63, 3.8) is 0 Å². The lowest BCUT2D eigenvalue weighted by Crippen LogP contribution is -2.40. The number of benzene rings is 1. The van der Waals surface area contributed by atoms with Crippen molar-refractivity contribution in [3.05, 3.63) is 61.0 Å². The van der Waals surface area contributed by atoms with E-state index in [0.29, 0.717) is 16.9 Å². The summed E-state index contributed by atoms with van der Waals surface area (Å²) in [6.45, 7) is 4.41. The summed E-state index contributed by atoms with van der Waals surface area (Å²) in [5.41, 5.74) is 2.80. The maximum absolute atomic E-state index is 13.2. The number of nitrogens with zero attached hydrogens (tertiary/aromatic N) is 5. The molecule has 0 atom stereocenters. The Bertz CT molecular complexity index is 1320. The molecule has 4 aromatic rings. The van der Waals surface area contributed by atoms with E-state index in [1.807, 2.05) is 47.1 Å². The van der Waals surface area contributed by atoms with Gasteiger partial charge in [0.1, 0.15) is 0 Å². The number of hydrogen-bond acceptors (Lipinski definition) is 4. The van der Waals surface area contributed by atoms with Crippen LogP contribution in [0.25, 0.3) is 22.6 Å². The molecule has 0 spiro atoms. The molecule has 28 heavy (non-hydrogen) atoms. The van der Waals surface area contributed by atoms with Crippen molar-refractivity contribution in [1.82, 2.24) is 23.1 Å². The molecule has 0 radical (unpaired) electrons. The molecule has 0 aliphatic heterocycles. The van der Waals surface area contributed by atoms with Gasteiger partial charge in [-0.3, -0.25) is 22.9 Å². The van der Waals surface area contributed by atoms with Gasteiger partial charge in [-0.05, 0) is 38.1 Å².